The monoisotopic (exact) mass is 401 g/mol. The molecule has 5 nitrogen and oxygen atoms in total. The first-order valence-electron chi connectivity index (χ1n) is 8.18. The zero-order valence-corrected chi connectivity index (χ0v) is 16.9. The van der Waals surface area contributed by atoms with E-state index in [1.807, 2.05) is 6.92 Å². The largest absolute Gasteiger partial charge is 0.368 e. The fourth-order valence-electron chi connectivity index (χ4n) is 2.94. The lowest BCUT2D eigenvalue weighted by Crippen LogP contribution is -2.54. The van der Waals surface area contributed by atoms with Crippen molar-refractivity contribution in [2.24, 2.45) is 0 Å². The number of aromatic nitrogens is 1. The number of amides is 1. The summed E-state index contributed by atoms with van der Waals surface area (Å²) >= 11 is 3.41. The Morgan fingerprint density at radius 1 is 1.40 bits per heavy atom. The number of carbonyl (C=O) groups is 1. The topological polar surface area (TPSA) is 63.2 Å². The summed E-state index contributed by atoms with van der Waals surface area (Å²) in [4.78, 5) is 19.5. The van der Waals surface area contributed by atoms with E-state index in [1.165, 1.54) is 9.75 Å². The Labute approximate surface area is 162 Å². The van der Waals surface area contributed by atoms with Crippen molar-refractivity contribution in [3.63, 3.8) is 0 Å². The SMILES string of the molecule is COC1(C(=O)NCCc2ccc(-c3csc(C)n3)s2)CCNCC1.Cl. The van der Waals surface area contributed by atoms with Gasteiger partial charge in [-0.05, 0) is 51.4 Å². The van der Waals surface area contributed by atoms with Crippen LogP contribution in [0.4, 0.5) is 0 Å². The molecule has 0 atom stereocenters. The number of piperidine rings is 1. The van der Waals surface area contributed by atoms with Gasteiger partial charge in [0.2, 0.25) is 0 Å². The molecule has 0 spiro atoms. The van der Waals surface area contributed by atoms with E-state index < -0.39 is 5.60 Å². The maximum absolute atomic E-state index is 12.5. The number of thiazole rings is 1. The van der Waals surface area contributed by atoms with Crippen molar-refractivity contribution in [3.05, 3.63) is 27.4 Å². The Bertz CT molecular complexity index is 696. The highest BCUT2D eigenvalue weighted by Gasteiger charge is 2.39. The van der Waals surface area contributed by atoms with Crippen LogP contribution in [0.3, 0.4) is 0 Å². The first kappa shape index (κ1) is 20.3. The predicted octanol–water partition coefficient (Wildman–Crippen LogP) is 3.03. The highest BCUT2D eigenvalue weighted by atomic mass is 35.5. The summed E-state index contributed by atoms with van der Waals surface area (Å²) in [6, 6.07) is 4.23. The molecule has 2 aromatic rings. The van der Waals surface area contributed by atoms with Gasteiger partial charge in [-0.2, -0.15) is 0 Å². The minimum Gasteiger partial charge on any atom is -0.368 e. The number of methoxy groups -OCH3 is 1. The molecular weight excluding hydrogens is 378 g/mol. The quantitative estimate of drug-likeness (QED) is 0.780. The summed E-state index contributed by atoms with van der Waals surface area (Å²) in [5, 5.41) is 9.49. The van der Waals surface area contributed by atoms with Crippen molar-refractivity contribution < 1.29 is 9.53 Å². The van der Waals surface area contributed by atoms with Crippen molar-refractivity contribution in [1.82, 2.24) is 15.6 Å². The molecule has 1 fully saturated rings. The summed E-state index contributed by atoms with van der Waals surface area (Å²) in [6.45, 7) is 4.29. The maximum atomic E-state index is 12.5. The molecule has 1 aliphatic heterocycles. The van der Waals surface area contributed by atoms with Gasteiger partial charge in [-0.3, -0.25) is 4.79 Å². The van der Waals surface area contributed by atoms with Gasteiger partial charge >= 0.3 is 0 Å². The molecule has 3 heterocycles. The molecule has 0 bridgehead atoms. The van der Waals surface area contributed by atoms with E-state index in [0.29, 0.717) is 6.54 Å². The van der Waals surface area contributed by atoms with Crippen LogP contribution in [0, 0.1) is 6.92 Å². The molecule has 8 heteroatoms. The van der Waals surface area contributed by atoms with Crippen LogP contribution >= 0.6 is 35.1 Å². The number of nitrogens with zero attached hydrogens (tertiary/aromatic N) is 1. The van der Waals surface area contributed by atoms with Crippen LogP contribution in [0.25, 0.3) is 10.6 Å². The van der Waals surface area contributed by atoms with Crippen LogP contribution < -0.4 is 10.6 Å². The Morgan fingerprint density at radius 2 is 2.16 bits per heavy atom. The van der Waals surface area contributed by atoms with E-state index in [-0.39, 0.29) is 18.3 Å². The molecule has 2 aromatic heterocycles. The number of ether oxygens (including phenoxy) is 1. The van der Waals surface area contributed by atoms with E-state index in [2.05, 4.69) is 33.1 Å². The second-order valence-electron chi connectivity index (χ2n) is 5.97. The first-order chi connectivity index (χ1) is 11.6. The summed E-state index contributed by atoms with van der Waals surface area (Å²) in [5.41, 5.74) is 0.384. The fourth-order valence-corrected chi connectivity index (χ4v) is 4.60. The van der Waals surface area contributed by atoms with Gasteiger partial charge in [0.25, 0.3) is 5.91 Å². The number of hydrogen-bond donors (Lipinski definition) is 2. The van der Waals surface area contributed by atoms with E-state index >= 15 is 0 Å². The summed E-state index contributed by atoms with van der Waals surface area (Å²) in [5.74, 6) is 0.0124. The number of nitrogens with one attached hydrogen (secondary N) is 2. The molecule has 1 aliphatic rings. The van der Waals surface area contributed by atoms with Crippen molar-refractivity contribution in [2.45, 2.75) is 31.8 Å². The molecule has 25 heavy (non-hydrogen) atoms. The molecule has 2 N–H and O–H groups in total. The van der Waals surface area contributed by atoms with Crippen LogP contribution in [0.5, 0.6) is 0 Å². The smallest absolute Gasteiger partial charge is 0.252 e. The molecule has 0 unspecified atom stereocenters. The average Bonchev–Trinajstić information content (AvgIpc) is 3.24. The third kappa shape index (κ3) is 4.80. The Kier molecular flexibility index (Phi) is 7.39. The highest BCUT2D eigenvalue weighted by molar-refractivity contribution is 7.16. The third-order valence-electron chi connectivity index (χ3n) is 4.41. The van der Waals surface area contributed by atoms with Gasteiger partial charge in [0.1, 0.15) is 5.60 Å². The molecule has 1 amide bonds. The van der Waals surface area contributed by atoms with Gasteiger partial charge < -0.3 is 15.4 Å². The minimum atomic E-state index is -0.663. The molecule has 0 aromatic carbocycles. The minimum absolute atomic E-state index is 0. The first-order valence-corrected chi connectivity index (χ1v) is 9.88. The lowest BCUT2D eigenvalue weighted by molar-refractivity contribution is -0.146. The van der Waals surface area contributed by atoms with Gasteiger partial charge in [-0.1, -0.05) is 0 Å². The van der Waals surface area contributed by atoms with Crippen molar-refractivity contribution >= 4 is 41.0 Å². The Balaban J connectivity index is 0.00000225. The van der Waals surface area contributed by atoms with Gasteiger partial charge in [-0.25, -0.2) is 4.98 Å². The molecule has 1 saturated heterocycles. The van der Waals surface area contributed by atoms with Crippen molar-refractivity contribution in [1.29, 1.82) is 0 Å². The van der Waals surface area contributed by atoms with E-state index in [4.69, 9.17) is 4.74 Å². The Morgan fingerprint density at radius 3 is 2.80 bits per heavy atom. The fraction of sp³-hybridized carbons (Fsp3) is 0.529. The van der Waals surface area contributed by atoms with Gasteiger partial charge in [0.15, 0.2) is 0 Å². The predicted molar refractivity (Wildman–Crippen MR) is 106 cm³/mol. The van der Waals surface area contributed by atoms with Gasteiger partial charge in [-0.15, -0.1) is 35.1 Å². The number of halogens is 1. The molecule has 3 rings (SSSR count). The summed E-state index contributed by atoms with van der Waals surface area (Å²) < 4.78 is 5.55. The molecule has 0 aliphatic carbocycles. The van der Waals surface area contributed by atoms with Crippen LogP contribution in [0.15, 0.2) is 17.5 Å². The van der Waals surface area contributed by atoms with Gasteiger partial charge in [0.05, 0.1) is 15.6 Å². The molecule has 0 saturated carbocycles. The second-order valence-corrected chi connectivity index (χ2v) is 8.20. The number of thiophene rings is 1. The number of aryl methyl sites for hydroxylation is 1. The van der Waals surface area contributed by atoms with Gasteiger partial charge in [0, 0.05) is 23.9 Å². The second kappa shape index (κ2) is 9.09. The zero-order valence-electron chi connectivity index (χ0n) is 14.5. The maximum Gasteiger partial charge on any atom is 0.252 e. The number of rotatable bonds is 6. The molecular formula is C17H24ClN3O2S2. The average molecular weight is 402 g/mol. The van der Waals surface area contributed by atoms with Crippen LogP contribution in [-0.4, -0.2) is 43.2 Å². The van der Waals surface area contributed by atoms with Crippen molar-refractivity contribution in [2.75, 3.05) is 26.7 Å². The number of hydrogen-bond acceptors (Lipinski definition) is 6. The molecule has 138 valence electrons. The summed E-state index contributed by atoms with van der Waals surface area (Å²) in [6.07, 6.45) is 2.28. The van der Waals surface area contributed by atoms with Crippen LogP contribution in [-0.2, 0) is 16.0 Å². The molecule has 0 radical (unpaired) electrons. The normalized spacial score (nSPS) is 16.2. The number of carbonyl (C=O) groups excluding carboxylic acids is 1. The lowest BCUT2D eigenvalue weighted by atomic mass is 9.91. The van der Waals surface area contributed by atoms with E-state index in [9.17, 15) is 4.79 Å². The lowest BCUT2D eigenvalue weighted by Gasteiger charge is -2.34. The summed E-state index contributed by atoms with van der Waals surface area (Å²) in [7, 11) is 1.63. The zero-order chi connectivity index (χ0) is 17.0. The highest BCUT2D eigenvalue weighted by Crippen LogP contribution is 2.29. The van der Waals surface area contributed by atoms with E-state index in [0.717, 1.165) is 43.1 Å². The standard InChI is InChI=1S/C17H23N3O2S2.ClH/c1-12-20-14(11-23-12)15-4-3-13(24-15)5-8-19-16(21)17(22-2)6-9-18-10-7-17;/h3-4,11,18H,5-10H2,1-2H3,(H,19,21);1H. The van der Waals surface area contributed by atoms with Crippen molar-refractivity contribution in [3.8, 4) is 10.6 Å². The van der Waals surface area contributed by atoms with Crippen LogP contribution in [0.1, 0.15) is 22.7 Å². The third-order valence-corrected chi connectivity index (χ3v) is 6.35. The Hall–Kier alpha value is -0.990. The van der Waals surface area contributed by atoms with Crippen LogP contribution in [0.2, 0.25) is 0 Å². The van der Waals surface area contributed by atoms with E-state index in [1.54, 1.807) is 29.8 Å².